The van der Waals surface area contributed by atoms with E-state index in [1.807, 2.05) is 30.3 Å². The van der Waals surface area contributed by atoms with Crippen LogP contribution in [0.4, 0.5) is 0 Å². The summed E-state index contributed by atoms with van der Waals surface area (Å²) in [6, 6.07) is 13.6. The molecule has 0 aliphatic carbocycles. The fraction of sp³-hybridized carbons (Fsp3) is 0.400. The first-order valence-corrected chi connectivity index (χ1v) is 7.90. The van der Waals surface area contributed by atoms with Crippen molar-refractivity contribution in [2.75, 3.05) is 14.2 Å². The zero-order chi connectivity index (χ0) is 17.4. The maximum absolute atomic E-state index is 9.29. The Bertz CT molecular complexity index is 604. The monoisotopic (exact) mass is 316 g/mol. The van der Waals surface area contributed by atoms with Gasteiger partial charge in [-0.15, -0.1) is 0 Å². The lowest BCUT2D eigenvalue weighted by Crippen LogP contribution is -1.92. The van der Waals surface area contributed by atoms with Crippen molar-refractivity contribution in [3.63, 3.8) is 0 Å². The summed E-state index contributed by atoms with van der Waals surface area (Å²) in [5, 5.41) is 9.29. The Morgan fingerprint density at radius 2 is 1.39 bits per heavy atom. The summed E-state index contributed by atoms with van der Waals surface area (Å²) in [5.41, 5.74) is 2.44. The third-order valence-corrected chi connectivity index (χ3v) is 3.63. The highest BCUT2D eigenvalue weighted by atomic mass is 16.5. The van der Waals surface area contributed by atoms with Crippen molar-refractivity contribution in [2.24, 2.45) is 0 Å². The molecule has 0 spiro atoms. The van der Waals surface area contributed by atoms with Crippen molar-refractivity contribution in [3.8, 4) is 17.2 Å². The third-order valence-electron chi connectivity index (χ3n) is 3.63. The van der Waals surface area contributed by atoms with Gasteiger partial charge in [0.05, 0.1) is 14.2 Å². The van der Waals surface area contributed by atoms with Crippen LogP contribution in [0.3, 0.4) is 0 Å². The van der Waals surface area contributed by atoms with E-state index < -0.39 is 0 Å². The molecule has 0 aliphatic rings. The summed E-state index contributed by atoms with van der Waals surface area (Å²) in [6.45, 7) is 8.54. The molecule has 0 unspecified atom stereocenters. The molecule has 0 aliphatic heterocycles. The van der Waals surface area contributed by atoms with E-state index in [2.05, 4.69) is 33.8 Å². The van der Waals surface area contributed by atoms with Gasteiger partial charge in [0.15, 0.2) is 11.5 Å². The van der Waals surface area contributed by atoms with Gasteiger partial charge in [0.25, 0.3) is 0 Å². The van der Waals surface area contributed by atoms with Crippen LogP contribution in [0, 0.1) is 0 Å². The van der Waals surface area contributed by atoms with Crippen molar-refractivity contribution < 1.29 is 14.6 Å². The van der Waals surface area contributed by atoms with Gasteiger partial charge in [-0.3, -0.25) is 0 Å². The number of ether oxygens (including phenoxy) is 2. The zero-order valence-corrected chi connectivity index (χ0v) is 15.0. The molecule has 3 heteroatoms. The first-order chi connectivity index (χ1) is 10.9. The number of hydrogen-bond acceptors (Lipinski definition) is 3. The Balaban J connectivity index is 0.000000231. The average molecular weight is 316 g/mol. The minimum absolute atomic E-state index is 0.196. The molecule has 0 saturated heterocycles. The van der Waals surface area contributed by atoms with Gasteiger partial charge in [-0.25, -0.2) is 0 Å². The van der Waals surface area contributed by atoms with Gasteiger partial charge in [-0.1, -0.05) is 52.0 Å². The quantitative estimate of drug-likeness (QED) is 0.827. The van der Waals surface area contributed by atoms with E-state index in [0.29, 0.717) is 17.6 Å². The Hall–Kier alpha value is -2.16. The molecule has 2 aromatic carbocycles. The summed E-state index contributed by atoms with van der Waals surface area (Å²) >= 11 is 0. The third kappa shape index (κ3) is 5.51. The summed E-state index contributed by atoms with van der Waals surface area (Å²) < 4.78 is 10.2. The Morgan fingerprint density at radius 1 is 0.783 bits per heavy atom. The van der Waals surface area contributed by atoms with Gasteiger partial charge in [-0.2, -0.15) is 0 Å². The largest absolute Gasteiger partial charge is 0.504 e. The van der Waals surface area contributed by atoms with E-state index in [1.165, 1.54) is 11.1 Å². The molecule has 1 N–H and O–H groups in total. The standard InChI is InChI=1S/C10H14O2.C10H14O/c1-7(2)8-4-5-9(11)10(6-8)12-3;1-8(2)9-6-4-5-7-10(9)11-3/h4-7,11H,1-3H3;4-8H,1-3H3. The average Bonchev–Trinajstić information content (AvgIpc) is 2.55. The van der Waals surface area contributed by atoms with E-state index in [-0.39, 0.29) is 5.75 Å². The summed E-state index contributed by atoms with van der Waals surface area (Å²) in [5.74, 6) is 2.72. The van der Waals surface area contributed by atoms with E-state index in [1.54, 1.807) is 20.3 Å². The van der Waals surface area contributed by atoms with Gasteiger partial charge in [0, 0.05) is 0 Å². The summed E-state index contributed by atoms with van der Waals surface area (Å²) in [4.78, 5) is 0. The van der Waals surface area contributed by atoms with Crippen LogP contribution in [0.1, 0.15) is 50.7 Å². The highest BCUT2D eigenvalue weighted by molar-refractivity contribution is 5.42. The number of aromatic hydroxyl groups is 1. The normalized spacial score (nSPS) is 10.3. The fourth-order valence-corrected chi connectivity index (χ4v) is 2.20. The van der Waals surface area contributed by atoms with Crippen molar-refractivity contribution in [2.45, 2.75) is 39.5 Å². The smallest absolute Gasteiger partial charge is 0.160 e. The van der Waals surface area contributed by atoms with E-state index in [0.717, 1.165) is 5.75 Å². The molecule has 0 heterocycles. The number of methoxy groups -OCH3 is 2. The molecule has 0 aromatic heterocycles. The number of phenolic OH excluding ortho intramolecular Hbond substituents is 1. The van der Waals surface area contributed by atoms with Crippen molar-refractivity contribution in [1.29, 1.82) is 0 Å². The number of phenols is 1. The highest BCUT2D eigenvalue weighted by Gasteiger charge is 2.05. The second kappa shape index (κ2) is 9.09. The lowest BCUT2D eigenvalue weighted by atomic mass is 10.0. The molecule has 23 heavy (non-hydrogen) atoms. The van der Waals surface area contributed by atoms with Crippen LogP contribution in [-0.4, -0.2) is 19.3 Å². The van der Waals surface area contributed by atoms with Gasteiger partial charge in [-0.05, 0) is 41.2 Å². The second-order valence-electron chi connectivity index (χ2n) is 5.98. The molecule has 0 saturated carbocycles. The molecule has 0 atom stereocenters. The number of hydrogen-bond donors (Lipinski definition) is 1. The van der Waals surface area contributed by atoms with Crippen LogP contribution in [0.5, 0.6) is 17.2 Å². The molecule has 0 fully saturated rings. The minimum atomic E-state index is 0.196. The van der Waals surface area contributed by atoms with Crippen molar-refractivity contribution >= 4 is 0 Å². The Kier molecular flexibility index (Phi) is 7.46. The predicted molar refractivity (Wildman–Crippen MR) is 95.8 cm³/mol. The lowest BCUT2D eigenvalue weighted by molar-refractivity contribution is 0.372. The number of para-hydroxylation sites is 1. The van der Waals surface area contributed by atoms with Gasteiger partial charge < -0.3 is 14.6 Å². The molecule has 2 aromatic rings. The first kappa shape index (κ1) is 18.9. The Morgan fingerprint density at radius 3 is 1.87 bits per heavy atom. The SMILES string of the molecule is COc1cc(C(C)C)ccc1O.COc1ccccc1C(C)C. The van der Waals surface area contributed by atoms with E-state index in [9.17, 15) is 5.11 Å². The molecular weight excluding hydrogens is 288 g/mol. The van der Waals surface area contributed by atoms with Crippen LogP contribution in [0.2, 0.25) is 0 Å². The maximum atomic E-state index is 9.29. The second-order valence-corrected chi connectivity index (χ2v) is 5.98. The Labute approximate surface area is 139 Å². The van der Waals surface area contributed by atoms with Gasteiger partial charge in [0.1, 0.15) is 5.75 Å². The molecule has 2 rings (SSSR count). The molecular formula is C20H28O3. The molecule has 126 valence electrons. The van der Waals surface area contributed by atoms with Gasteiger partial charge >= 0.3 is 0 Å². The lowest BCUT2D eigenvalue weighted by Gasteiger charge is -2.10. The minimum Gasteiger partial charge on any atom is -0.504 e. The van der Waals surface area contributed by atoms with Gasteiger partial charge in [0.2, 0.25) is 0 Å². The van der Waals surface area contributed by atoms with Crippen LogP contribution >= 0.6 is 0 Å². The number of rotatable bonds is 4. The zero-order valence-electron chi connectivity index (χ0n) is 15.0. The highest BCUT2D eigenvalue weighted by Crippen LogP contribution is 2.29. The number of benzene rings is 2. The fourth-order valence-electron chi connectivity index (χ4n) is 2.20. The summed E-state index contributed by atoms with van der Waals surface area (Å²) in [6.07, 6.45) is 0. The molecule has 3 nitrogen and oxygen atoms in total. The van der Waals surface area contributed by atoms with Crippen LogP contribution < -0.4 is 9.47 Å². The topological polar surface area (TPSA) is 38.7 Å². The molecule has 0 radical (unpaired) electrons. The molecule has 0 amide bonds. The van der Waals surface area contributed by atoms with Crippen LogP contribution in [-0.2, 0) is 0 Å². The molecule has 0 bridgehead atoms. The first-order valence-electron chi connectivity index (χ1n) is 7.90. The predicted octanol–water partition coefficient (Wildman–Crippen LogP) is 5.34. The van der Waals surface area contributed by atoms with Crippen LogP contribution in [0.15, 0.2) is 42.5 Å². The van der Waals surface area contributed by atoms with E-state index >= 15 is 0 Å². The van der Waals surface area contributed by atoms with Crippen LogP contribution in [0.25, 0.3) is 0 Å². The van der Waals surface area contributed by atoms with E-state index in [4.69, 9.17) is 9.47 Å². The van der Waals surface area contributed by atoms with Crippen molar-refractivity contribution in [1.82, 2.24) is 0 Å². The van der Waals surface area contributed by atoms with Crippen molar-refractivity contribution in [3.05, 3.63) is 53.6 Å². The summed E-state index contributed by atoms with van der Waals surface area (Å²) in [7, 11) is 3.26. The maximum Gasteiger partial charge on any atom is 0.160 e.